The van der Waals surface area contributed by atoms with E-state index in [1.165, 1.54) is 17.2 Å². The summed E-state index contributed by atoms with van der Waals surface area (Å²) < 4.78 is 59.9. The Labute approximate surface area is 520 Å². The molecule has 0 radical (unpaired) electrons. The van der Waals surface area contributed by atoms with Crippen LogP contribution < -0.4 is 26.0 Å². The number of pyridine rings is 1. The molecule has 0 bridgehead atoms. The molecule has 490 valence electrons. The second-order valence-corrected chi connectivity index (χ2v) is 22.4. The number of ether oxygens (including phenoxy) is 3. The Bertz CT molecular complexity index is 2970. The van der Waals surface area contributed by atoms with Gasteiger partial charge in [-0.25, -0.2) is 13.2 Å². The number of carboxylic acid groups (broad SMARTS) is 1. The van der Waals surface area contributed by atoms with Gasteiger partial charge in [-0.05, 0) is 62.4 Å². The number of nitrogens with zero attached hydrogens (tertiary/aromatic N) is 8. The summed E-state index contributed by atoms with van der Waals surface area (Å²) in [5.41, 5.74) is 2.85. The van der Waals surface area contributed by atoms with Crippen molar-refractivity contribution < 1.29 is 80.4 Å². The van der Waals surface area contributed by atoms with Crippen molar-refractivity contribution in [1.29, 1.82) is 0 Å². The Hall–Kier alpha value is -8.30. The first-order valence-corrected chi connectivity index (χ1v) is 30.0. The van der Waals surface area contributed by atoms with Gasteiger partial charge in [-0.2, -0.15) is 0 Å². The van der Waals surface area contributed by atoms with E-state index in [1.54, 1.807) is 37.8 Å². The van der Waals surface area contributed by atoms with Gasteiger partial charge in [0.15, 0.2) is 0 Å². The topological polar surface area (TPSA) is 302 Å². The zero-order valence-corrected chi connectivity index (χ0v) is 50.6. The number of alkyl halides is 3. The van der Waals surface area contributed by atoms with Gasteiger partial charge in [0, 0.05) is 122 Å². The quantitative estimate of drug-likeness (QED) is 0.0252. The van der Waals surface area contributed by atoms with Crippen molar-refractivity contribution in [1.82, 2.24) is 60.6 Å². The maximum Gasteiger partial charge on any atom is 0.317 e. The summed E-state index contributed by atoms with van der Waals surface area (Å²) >= 11 is 0. The number of piperazine rings is 1. The lowest BCUT2D eigenvalue weighted by atomic mass is 10.1. The van der Waals surface area contributed by atoms with Crippen LogP contribution >= 0.6 is 0 Å². The molecule has 6 rings (SSSR count). The van der Waals surface area contributed by atoms with E-state index in [1.807, 2.05) is 31.2 Å². The molecule has 2 aromatic carbocycles. The van der Waals surface area contributed by atoms with Crippen LogP contribution in [0.2, 0.25) is 0 Å². The van der Waals surface area contributed by atoms with Gasteiger partial charge in [0.25, 0.3) is 24.8 Å². The minimum Gasteiger partial charge on any atom is -0.494 e. The molecule has 4 heterocycles. The van der Waals surface area contributed by atoms with Gasteiger partial charge >= 0.3 is 5.97 Å². The van der Waals surface area contributed by atoms with Crippen LogP contribution in [-0.2, 0) is 59.0 Å². The van der Waals surface area contributed by atoms with Crippen molar-refractivity contribution in [3.63, 3.8) is 0 Å². The highest BCUT2D eigenvalue weighted by molar-refractivity contribution is 6.07. The molecule has 0 aliphatic carbocycles. The van der Waals surface area contributed by atoms with Crippen LogP contribution in [0.15, 0.2) is 54.7 Å². The normalized spacial score (nSPS) is 17.9. The van der Waals surface area contributed by atoms with E-state index in [-0.39, 0.29) is 116 Å². The van der Waals surface area contributed by atoms with E-state index >= 15 is 4.39 Å². The van der Waals surface area contributed by atoms with Crippen LogP contribution in [0.3, 0.4) is 0 Å². The van der Waals surface area contributed by atoms with Gasteiger partial charge in [0.2, 0.25) is 35.4 Å². The van der Waals surface area contributed by atoms with Crippen LogP contribution in [-0.4, -0.2) is 267 Å². The number of nitrogens with one attached hydrogen (secondary N) is 4. The number of carbonyl (C=O) groups is 10. The number of benzene rings is 2. The van der Waals surface area contributed by atoms with Crippen molar-refractivity contribution in [2.24, 2.45) is 0 Å². The molecule has 0 saturated carbocycles. The van der Waals surface area contributed by atoms with Gasteiger partial charge in [-0.1, -0.05) is 35.7 Å². The van der Waals surface area contributed by atoms with Gasteiger partial charge in [0.1, 0.15) is 37.8 Å². The molecule has 3 aliphatic heterocycles. The number of likely N-dealkylation sites (tertiary alicyclic amines) is 1. The standard InChI is InChI=1S/C61H81F3N12O14/c1-3-47-35-61(63,64)39-76(47)57(83)36-67-59(86)49-15-17-65-51-13-12-48(33-50(49)51)90-31-5-18-70-27-29-75(30-28-70)56(82)34-54(80)69-60(87)52(32-46(62)14-16-66-53(79)7-4-6-45-10-8-44(2)9-11-45)68-55(81)37-71-19-20-72(38-58(84)85)22-24-74(41-89-43-78)26-25-73(23-21-71)40-88-42-77/h1,8-13,15,17,33,42-43,46-47,52H,4-7,14,16,18-32,34-41H2,2H3,(H,66,79)(H,67,86)(H,68,81)(H,84,85)(H,69,80,87)/t46?,47-,52?/m0/s1. The smallest absolute Gasteiger partial charge is 0.317 e. The Balaban J connectivity index is 0.995. The van der Waals surface area contributed by atoms with E-state index in [0.717, 1.165) is 16.0 Å². The minimum atomic E-state index is -3.12. The van der Waals surface area contributed by atoms with Crippen LogP contribution in [0, 0.1) is 19.3 Å². The molecule has 1 aromatic heterocycles. The molecular weight excluding hydrogens is 1180 g/mol. The minimum absolute atomic E-state index is 0.0642. The number of amides is 7. The van der Waals surface area contributed by atoms with Crippen LogP contribution in [0.25, 0.3) is 10.9 Å². The number of hydrogen-bond donors (Lipinski definition) is 5. The van der Waals surface area contributed by atoms with Gasteiger partial charge in [-0.3, -0.25) is 82.7 Å². The Morgan fingerprint density at radius 1 is 0.778 bits per heavy atom. The number of fused-ring (bicyclic) bond motifs is 1. The van der Waals surface area contributed by atoms with Gasteiger partial charge in [0.05, 0.1) is 49.9 Å². The van der Waals surface area contributed by atoms with Crippen molar-refractivity contribution in [3.8, 4) is 18.1 Å². The van der Waals surface area contributed by atoms with E-state index in [2.05, 4.69) is 37.1 Å². The third-order valence-electron chi connectivity index (χ3n) is 15.5. The molecule has 7 amide bonds. The van der Waals surface area contributed by atoms with Gasteiger partial charge < -0.3 is 45.1 Å². The number of terminal acetylenes is 1. The molecule has 90 heavy (non-hydrogen) atoms. The lowest BCUT2D eigenvalue weighted by molar-refractivity contribution is -0.140. The average Bonchev–Trinajstić information content (AvgIpc) is 1.22. The SMILES string of the molecule is C#C[C@H]1CC(F)(F)CN1C(=O)CNC(=O)c1ccnc2ccc(OCCCN3CCN(C(=O)CC(=O)NC(=O)C(CC(F)CCNC(=O)CCCc4ccc(C)cc4)NC(=O)CN4CCN(COC=O)CCN(COC=O)CCN(CC(=O)O)CC4)CC3)cc12. The number of hydrogen-bond acceptors (Lipinski definition) is 19. The molecule has 3 fully saturated rings. The fourth-order valence-electron chi connectivity index (χ4n) is 10.5. The summed E-state index contributed by atoms with van der Waals surface area (Å²) in [6, 6.07) is 11.7. The van der Waals surface area contributed by atoms with E-state index in [4.69, 9.17) is 20.6 Å². The number of carboxylic acids is 1. The summed E-state index contributed by atoms with van der Waals surface area (Å²) in [6.45, 7) is 4.41. The molecule has 3 aliphatic rings. The fraction of sp³-hybridized carbons (Fsp3) is 0.557. The molecule has 2 unspecified atom stereocenters. The zero-order valence-electron chi connectivity index (χ0n) is 50.6. The Morgan fingerprint density at radius 2 is 1.41 bits per heavy atom. The number of rotatable bonds is 31. The summed E-state index contributed by atoms with van der Waals surface area (Å²) in [5, 5.41) is 20.0. The second-order valence-electron chi connectivity index (χ2n) is 22.4. The lowest BCUT2D eigenvalue weighted by Crippen LogP contribution is -2.54. The number of carbonyl (C=O) groups excluding carboxylic acids is 9. The van der Waals surface area contributed by atoms with Crippen LogP contribution in [0.4, 0.5) is 13.2 Å². The number of imide groups is 1. The molecule has 3 saturated heterocycles. The lowest BCUT2D eigenvalue weighted by Gasteiger charge is -2.34. The summed E-state index contributed by atoms with van der Waals surface area (Å²) in [6.07, 6.45) is 4.82. The Kier molecular flexibility index (Phi) is 28.6. The maximum atomic E-state index is 15.9. The summed E-state index contributed by atoms with van der Waals surface area (Å²) in [5.74, 6) is -6.59. The molecule has 3 atom stereocenters. The van der Waals surface area contributed by atoms with Crippen LogP contribution in [0.1, 0.15) is 66.4 Å². The highest BCUT2D eigenvalue weighted by Gasteiger charge is 2.46. The second kappa shape index (κ2) is 36.4. The van der Waals surface area contributed by atoms with Crippen LogP contribution in [0.5, 0.6) is 5.75 Å². The third-order valence-corrected chi connectivity index (χ3v) is 15.5. The number of aliphatic carboxylic acids is 1. The summed E-state index contributed by atoms with van der Waals surface area (Å²) in [4.78, 5) is 143. The fourth-order valence-corrected chi connectivity index (χ4v) is 10.5. The molecular formula is C61H81F3N12O14. The first-order valence-electron chi connectivity index (χ1n) is 30.0. The summed E-state index contributed by atoms with van der Waals surface area (Å²) in [7, 11) is 0. The van der Waals surface area contributed by atoms with Crippen molar-refractivity contribution >= 4 is 71.2 Å². The Morgan fingerprint density at radius 3 is 2.04 bits per heavy atom. The first kappa shape index (κ1) is 70.8. The van der Waals surface area contributed by atoms with Crippen molar-refractivity contribution in [2.75, 3.05) is 138 Å². The monoisotopic (exact) mass is 1260 g/mol. The average molecular weight is 1260 g/mol. The zero-order chi connectivity index (χ0) is 65.0. The van der Waals surface area contributed by atoms with Crippen molar-refractivity contribution in [3.05, 3.63) is 71.4 Å². The maximum absolute atomic E-state index is 15.9. The highest BCUT2D eigenvalue weighted by atomic mass is 19.3. The largest absolute Gasteiger partial charge is 0.494 e. The molecule has 29 heteroatoms. The number of aryl methyl sites for hydroxylation is 2. The highest BCUT2D eigenvalue weighted by Crippen LogP contribution is 2.32. The van der Waals surface area contributed by atoms with Gasteiger partial charge in [-0.15, -0.1) is 6.42 Å². The molecule has 5 N–H and O–H groups in total. The molecule has 3 aromatic rings. The predicted molar refractivity (Wildman–Crippen MR) is 320 cm³/mol. The number of halogens is 3. The van der Waals surface area contributed by atoms with E-state index in [0.29, 0.717) is 81.7 Å². The molecule has 26 nitrogen and oxygen atoms in total. The third kappa shape index (κ3) is 24.2. The van der Waals surface area contributed by atoms with Crippen molar-refractivity contribution in [2.45, 2.75) is 82.5 Å². The first-order chi connectivity index (χ1) is 43.2. The number of aromatic nitrogens is 1. The van der Waals surface area contributed by atoms with E-state index < -0.39 is 97.9 Å². The predicted octanol–water partition coefficient (Wildman–Crippen LogP) is 0.398. The van der Waals surface area contributed by atoms with E-state index in [9.17, 15) is 61.8 Å². The molecule has 0 spiro atoms.